The topological polar surface area (TPSA) is 113 Å². The van der Waals surface area contributed by atoms with Crippen LogP contribution in [-0.4, -0.2) is 78.1 Å². The Morgan fingerprint density at radius 2 is 2.08 bits per heavy atom. The van der Waals surface area contributed by atoms with Crippen LogP contribution in [-0.2, 0) is 4.74 Å². The molecule has 134 valence electrons. The Morgan fingerprint density at radius 1 is 1.32 bits per heavy atom. The van der Waals surface area contributed by atoms with E-state index in [1.807, 2.05) is 6.92 Å². The molecular formula is C16H21N5O4. The van der Waals surface area contributed by atoms with E-state index in [0.29, 0.717) is 44.7 Å². The lowest BCUT2D eigenvalue weighted by atomic mass is 9.80. The molecule has 2 aliphatic rings. The van der Waals surface area contributed by atoms with E-state index in [1.54, 1.807) is 21.6 Å². The molecule has 9 heteroatoms. The minimum atomic E-state index is -0.917. The Hall–Kier alpha value is -2.10. The maximum Gasteiger partial charge on any atom is 0.292 e. The van der Waals surface area contributed by atoms with Gasteiger partial charge in [0, 0.05) is 25.0 Å². The average molecular weight is 347 g/mol. The zero-order valence-electron chi connectivity index (χ0n) is 14.0. The van der Waals surface area contributed by atoms with Crippen LogP contribution < -0.4 is 0 Å². The third-order valence-corrected chi connectivity index (χ3v) is 5.21. The summed E-state index contributed by atoms with van der Waals surface area (Å²) in [5.41, 5.74) is 0.0424. The van der Waals surface area contributed by atoms with Gasteiger partial charge in [-0.25, -0.2) is 4.98 Å². The van der Waals surface area contributed by atoms with Gasteiger partial charge >= 0.3 is 0 Å². The van der Waals surface area contributed by atoms with E-state index in [-0.39, 0.29) is 11.7 Å². The zero-order valence-corrected chi connectivity index (χ0v) is 14.0. The van der Waals surface area contributed by atoms with Gasteiger partial charge in [0.1, 0.15) is 6.10 Å². The number of fused-ring (bicyclic) bond motifs is 1. The molecule has 2 saturated heterocycles. The fourth-order valence-corrected chi connectivity index (χ4v) is 3.67. The zero-order chi connectivity index (χ0) is 17.6. The van der Waals surface area contributed by atoms with E-state index in [9.17, 15) is 15.0 Å². The molecule has 0 bridgehead atoms. The Bertz CT molecular complexity index is 799. The molecule has 1 spiro atoms. The molecule has 2 aromatic heterocycles. The highest BCUT2D eigenvalue weighted by atomic mass is 16.5. The molecule has 0 aromatic carbocycles. The van der Waals surface area contributed by atoms with E-state index < -0.39 is 17.8 Å². The second kappa shape index (κ2) is 6.01. The number of aryl methyl sites for hydroxylation is 1. The standard InChI is InChI=1S/C16H21N5O4/c1-10-2-6-21-13(18-19-15(21)17-10)14(24)20-7-4-16(5-8-20)12(23)11(22)3-9-25-16/h2,6,11-12,22-23H,3-5,7-9H2,1H3/t11-,12-/m0/s1. The summed E-state index contributed by atoms with van der Waals surface area (Å²) >= 11 is 0. The fourth-order valence-electron chi connectivity index (χ4n) is 3.67. The van der Waals surface area contributed by atoms with E-state index in [0.717, 1.165) is 5.69 Å². The van der Waals surface area contributed by atoms with Gasteiger partial charge in [0.2, 0.25) is 5.82 Å². The summed E-state index contributed by atoms with van der Waals surface area (Å²) in [5, 5.41) is 28.2. The predicted octanol–water partition coefficient (Wildman–Crippen LogP) is -0.450. The quantitative estimate of drug-likeness (QED) is 0.718. The molecule has 4 heterocycles. The lowest BCUT2D eigenvalue weighted by Gasteiger charge is -2.48. The van der Waals surface area contributed by atoms with Crippen molar-refractivity contribution in [2.75, 3.05) is 19.7 Å². The maximum atomic E-state index is 12.8. The van der Waals surface area contributed by atoms with Crippen LogP contribution in [0.1, 0.15) is 35.6 Å². The minimum Gasteiger partial charge on any atom is -0.390 e. The summed E-state index contributed by atoms with van der Waals surface area (Å²) in [6, 6.07) is 1.80. The number of aliphatic hydroxyl groups excluding tert-OH is 2. The minimum absolute atomic E-state index is 0.223. The number of amides is 1. The number of carbonyl (C=O) groups excluding carboxylic acids is 1. The number of likely N-dealkylation sites (tertiary alicyclic amines) is 1. The fraction of sp³-hybridized carbons (Fsp3) is 0.625. The largest absolute Gasteiger partial charge is 0.390 e. The molecule has 0 radical (unpaired) electrons. The molecule has 0 saturated carbocycles. The van der Waals surface area contributed by atoms with Crippen LogP contribution in [0.2, 0.25) is 0 Å². The lowest BCUT2D eigenvalue weighted by Crippen LogP contribution is -2.60. The molecule has 2 N–H and O–H groups in total. The third-order valence-electron chi connectivity index (χ3n) is 5.21. The number of carbonyl (C=O) groups is 1. The molecular weight excluding hydrogens is 326 g/mol. The first-order valence-corrected chi connectivity index (χ1v) is 8.48. The highest BCUT2D eigenvalue weighted by Gasteiger charge is 2.48. The second-order valence-electron chi connectivity index (χ2n) is 6.77. The van der Waals surface area contributed by atoms with Crippen molar-refractivity contribution in [2.24, 2.45) is 0 Å². The third kappa shape index (κ3) is 2.68. The molecule has 2 aromatic rings. The first-order chi connectivity index (χ1) is 12.0. The van der Waals surface area contributed by atoms with Crippen molar-refractivity contribution in [3.8, 4) is 0 Å². The molecule has 2 atom stereocenters. The van der Waals surface area contributed by atoms with E-state index in [4.69, 9.17) is 4.74 Å². The van der Waals surface area contributed by atoms with Crippen LogP contribution >= 0.6 is 0 Å². The Balaban J connectivity index is 1.51. The highest BCUT2D eigenvalue weighted by Crippen LogP contribution is 2.35. The number of rotatable bonds is 1. The van der Waals surface area contributed by atoms with Gasteiger partial charge in [-0.1, -0.05) is 0 Å². The van der Waals surface area contributed by atoms with Crippen molar-refractivity contribution in [1.82, 2.24) is 24.5 Å². The molecule has 4 rings (SSSR count). The van der Waals surface area contributed by atoms with Gasteiger partial charge in [0.05, 0.1) is 18.3 Å². The van der Waals surface area contributed by atoms with Crippen LogP contribution in [0.3, 0.4) is 0 Å². The average Bonchev–Trinajstić information content (AvgIpc) is 3.02. The molecule has 0 aliphatic carbocycles. The summed E-state index contributed by atoms with van der Waals surface area (Å²) in [5.74, 6) is 0.397. The van der Waals surface area contributed by atoms with Crippen molar-refractivity contribution in [1.29, 1.82) is 0 Å². The number of piperidine rings is 1. The van der Waals surface area contributed by atoms with Crippen LogP contribution in [0.15, 0.2) is 12.3 Å². The van der Waals surface area contributed by atoms with E-state index in [1.165, 1.54) is 0 Å². The maximum absolute atomic E-state index is 12.8. The molecule has 1 amide bonds. The second-order valence-corrected chi connectivity index (χ2v) is 6.77. The van der Waals surface area contributed by atoms with E-state index >= 15 is 0 Å². The van der Waals surface area contributed by atoms with Gasteiger partial charge < -0.3 is 19.8 Å². The lowest BCUT2D eigenvalue weighted by molar-refractivity contribution is -0.212. The van der Waals surface area contributed by atoms with Gasteiger partial charge in [-0.05, 0) is 32.3 Å². The summed E-state index contributed by atoms with van der Waals surface area (Å²) in [6.07, 6.45) is 1.44. The van der Waals surface area contributed by atoms with Crippen molar-refractivity contribution in [3.63, 3.8) is 0 Å². The van der Waals surface area contributed by atoms with Gasteiger partial charge in [0.25, 0.3) is 11.7 Å². The van der Waals surface area contributed by atoms with Gasteiger partial charge in [-0.3, -0.25) is 9.20 Å². The summed E-state index contributed by atoms with van der Waals surface area (Å²) in [6.45, 7) is 3.13. The van der Waals surface area contributed by atoms with Crippen LogP contribution in [0, 0.1) is 6.92 Å². The van der Waals surface area contributed by atoms with E-state index in [2.05, 4.69) is 15.2 Å². The van der Waals surface area contributed by atoms with Gasteiger partial charge in [-0.2, -0.15) is 0 Å². The number of ether oxygens (including phenoxy) is 1. The van der Waals surface area contributed by atoms with Crippen LogP contribution in [0.5, 0.6) is 0 Å². The normalized spacial score (nSPS) is 26.3. The van der Waals surface area contributed by atoms with Gasteiger partial charge in [0.15, 0.2) is 0 Å². The SMILES string of the molecule is Cc1ccn2c(C(=O)N3CCC4(CC3)OCC[C@H](O)[C@@H]4O)nnc2n1. The molecule has 9 nitrogen and oxygen atoms in total. The summed E-state index contributed by atoms with van der Waals surface area (Å²) in [7, 11) is 0. The van der Waals surface area contributed by atoms with Crippen LogP contribution in [0.4, 0.5) is 0 Å². The van der Waals surface area contributed by atoms with Crippen molar-refractivity contribution in [2.45, 2.75) is 44.0 Å². The van der Waals surface area contributed by atoms with Gasteiger partial charge in [-0.15, -0.1) is 10.2 Å². The molecule has 2 aliphatic heterocycles. The molecule has 0 unspecified atom stereocenters. The monoisotopic (exact) mass is 347 g/mol. The predicted molar refractivity (Wildman–Crippen MR) is 86.0 cm³/mol. The Kier molecular flexibility index (Phi) is 3.94. The Labute approximate surface area is 144 Å². The summed E-state index contributed by atoms with van der Waals surface area (Å²) < 4.78 is 7.38. The smallest absolute Gasteiger partial charge is 0.292 e. The molecule has 2 fully saturated rings. The highest BCUT2D eigenvalue weighted by molar-refractivity contribution is 5.91. The number of hydrogen-bond acceptors (Lipinski definition) is 7. The van der Waals surface area contributed by atoms with Crippen molar-refractivity contribution < 1.29 is 19.7 Å². The van der Waals surface area contributed by atoms with Crippen LogP contribution in [0.25, 0.3) is 5.78 Å². The first-order valence-electron chi connectivity index (χ1n) is 8.48. The molecule has 25 heavy (non-hydrogen) atoms. The number of aromatic nitrogens is 4. The summed E-state index contributed by atoms with van der Waals surface area (Å²) in [4.78, 5) is 18.7. The first kappa shape index (κ1) is 16.4. The van der Waals surface area contributed by atoms with Crippen molar-refractivity contribution >= 4 is 11.7 Å². The Morgan fingerprint density at radius 3 is 2.84 bits per heavy atom. The number of nitrogens with zero attached hydrogens (tertiary/aromatic N) is 5. The number of hydrogen-bond donors (Lipinski definition) is 2. The number of aliphatic hydroxyl groups is 2. The van der Waals surface area contributed by atoms with Crippen molar-refractivity contribution in [3.05, 3.63) is 23.8 Å².